The molecule has 8 saturated heterocycles. The monoisotopic (exact) mass is 670 g/mol. The zero-order valence-electron chi connectivity index (χ0n) is 29.8. The van der Waals surface area contributed by atoms with Gasteiger partial charge in [0.15, 0.2) is 23.8 Å². The average molecular weight is 671 g/mol. The van der Waals surface area contributed by atoms with E-state index < -0.39 is 35.4 Å². The van der Waals surface area contributed by atoms with Gasteiger partial charge in [0.25, 0.3) is 0 Å². The van der Waals surface area contributed by atoms with Crippen LogP contribution in [0.3, 0.4) is 0 Å². The van der Waals surface area contributed by atoms with Gasteiger partial charge in [-0.2, -0.15) is 0 Å². The molecule has 10 heteroatoms. The molecule has 11 rings (SSSR count). The molecule has 2 unspecified atom stereocenters. The fourth-order valence-electron chi connectivity index (χ4n) is 11.9. The minimum atomic E-state index is -0.838. The summed E-state index contributed by atoms with van der Waals surface area (Å²) >= 11 is 0. The zero-order valence-corrected chi connectivity index (χ0v) is 29.8. The topological polar surface area (TPSA) is 92.3 Å². The smallest absolute Gasteiger partial charge is 0.201 e. The molecule has 0 amide bonds. The molecule has 0 N–H and O–H groups in total. The third kappa shape index (κ3) is 4.27. The highest BCUT2D eigenvalue weighted by Crippen LogP contribution is 2.65. The first-order valence-electron chi connectivity index (χ1n) is 18.6. The molecular weight excluding hydrogens is 616 g/mol. The summed E-state index contributed by atoms with van der Waals surface area (Å²) in [6.45, 7) is 13.2. The predicted molar refractivity (Wildman–Crippen MR) is 171 cm³/mol. The number of hydrogen-bond acceptors (Lipinski definition) is 10. The van der Waals surface area contributed by atoms with Crippen LogP contribution in [0.25, 0.3) is 0 Å². The van der Waals surface area contributed by atoms with E-state index in [0.29, 0.717) is 23.7 Å². The van der Waals surface area contributed by atoms with Crippen LogP contribution in [0.1, 0.15) is 116 Å². The minimum absolute atomic E-state index is 0.112. The summed E-state index contributed by atoms with van der Waals surface area (Å²) in [6.07, 6.45) is 6.21. The Morgan fingerprint density at radius 2 is 1.00 bits per heavy atom. The quantitative estimate of drug-likeness (QED) is 0.299. The number of fused-ring (bicyclic) bond motifs is 4. The van der Waals surface area contributed by atoms with Crippen LogP contribution < -0.4 is 9.47 Å². The maximum Gasteiger partial charge on any atom is 0.201 e. The number of benzene rings is 1. The third-order valence-electron chi connectivity index (χ3n) is 14.5. The van der Waals surface area contributed by atoms with Crippen LogP contribution in [0.5, 0.6) is 11.5 Å². The van der Waals surface area contributed by atoms with E-state index in [1.165, 1.54) is 0 Å². The highest BCUT2D eigenvalue weighted by Gasteiger charge is 2.71. The van der Waals surface area contributed by atoms with Crippen molar-refractivity contribution in [2.75, 3.05) is 14.2 Å². The van der Waals surface area contributed by atoms with E-state index in [1.54, 1.807) is 14.2 Å². The molecule has 266 valence electrons. The van der Waals surface area contributed by atoms with Gasteiger partial charge < -0.3 is 28.4 Å². The van der Waals surface area contributed by atoms with Crippen LogP contribution in [-0.2, 0) is 38.5 Å². The molecule has 2 saturated carbocycles. The lowest BCUT2D eigenvalue weighted by atomic mass is 9.56. The van der Waals surface area contributed by atoms with Crippen molar-refractivity contribution in [1.29, 1.82) is 0 Å². The predicted octanol–water partition coefficient (Wildman–Crippen LogP) is 7.55. The second-order valence-electron chi connectivity index (χ2n) is 17.0. The molecule has 2 aliphatic carbocycles. The van der Waals surface area contributed by atoms with Gasteiger partial charge in [0.1, 0.15) is 11.5 Å². The van der Waals surface area contributed by atoms with Crippen LogP contribution in [0, 0.1) is 47.3 Å². The first-order valence-corrected chi connectivity index (χ1v) is 18.6. The second kappa shape index (κ2) is 11.0. The molecule has 1 aromatic rings. The lowest BCUT2D eigenvalue weighted by molar-refractivity contribution is -0.571. The summed E-state index contributed by atoms with van der Waals surface area (Å²) in [5, 5.41) is 0. The summed E-state index contributed by atoms with van der Waals surface area (Å²) < 4.78 is 39.8. The molecule has 16 atom stereocenters. The van der Waals surface area contributed by atoms with Gasteiger partial charge in [-0.3, -0.25) is 0 Å². The Bertz CT molecular complexity index is 1340. The standard InChI is InChI=1S/C38H54O10/c1-19-9-11-27-21(3)31(41-33-37(27)25(19)13-15-35(5,43-33)45-47-37)23-17-24(30(40-8)18-29(23)39-7)32-22(4)28-12-10-20(2)26-14-16-36(6)44-34(42-32)38(26,28)48-46-36/h17-22,25-28,31-34H,9-16H2,1-8H3/t19-,20-,21-,22-,25+,26+,27+,28+,31?,32?,33-,34-,35-,36-,37-,38-/m1/s1. The van der Waals surface area contributed by atoms with E-state index in [-0.39, 0.29) is 35.9 Å². The summed E-state index contributed by atoms with van der Waals surface area (Å²) in [4.78, 5) is 25.1. The largest absolute Gasteiger partial charge is 0.496 e. The Kier molecular flexibility index (Phi) is 7.43. The van der Waals surface area contributed by atoms with Crippen molar-refractivity contribution in [2.24, 2.45) is 47.3 Å². The van der Waals surface area contributed by atoms with Gasteiger partial charge in [-0.15, -0.1) is 0 Å². The van der Waals surface area contributed by atoms with Crippen molar-refractivity contribution in [3.05, 3.63) is 23.3 Å². The number of ether oxygens (including phenoxy) is 6. The van der Waals surface area contributed by atoms with E-state index in [4.69, 9.17) is 48.0 Å². The van der Waals surface area contributed by atoms with E-state index in [9.17, 15) is 0 Å². The summed E-state index contributed by atoms with van der Waals surface area (Å²) in [5.41, 5.74) is 0.679. The van der Waals surface area contributed by atoms with Gasteiger partial charge in [0, 0.05) is 41.9 Å². The fourth-order valence-corrected chi connectivity index (χ4v) is 11.9. The van der Waals surface area contributed by atoms with Gasteiger partial charge in [0.05, 0.1) is 26.4 Å². The molecule has 10 aliphatic rings. The van der Waals surface area contributed by atoms with Gasteiger partial charge in [0.2, 0.25) is 11.6 Å². The Labute approximate surface area is 284 Å². The molecule has 48 heavy (non-hydrogen) atoms. The number of hydrogen-bond donors (Lipinski definition) is 0. The normalized spacial score (nSPS) is 53.7. The van der Waals surface area contributed by atoms with Crippen LogP contribution >= 0.6 is 0 Å². The van der Waals surface area contributed by atoms with E-state index in [1.807, 2.05) is 19.9 Å². The SMILES string of the molecule is COc1cc(OC)c(C2O[C@@H]3O[C@@]4(C)CC[C@H]5[C@H](C)CC[C@@H]([C@H]2C)[C@@]35OO4)cc1C1O[C@@H]2O[C@@]3(C)CC[C@H]4[C@H](C)CC[C@@H]([C@H]1C)[C@@]24OO3. The average Bonchev–Trinajstić information content (AvgIpc) is 3.45. The van der Waals surface area contributed by atoms with Gasteiger partial charge in [-0.1, -0.05) is 27.7 Å². The molecule has 10 fully saturated rings. The van der Waals surface area contributed by atoms with Crippen LogP contribution in [-0.4, -0.2) is 49.6 Å². The van der Waals surface area contributed by atoms with Crippen molar-refractivity contribution in [1.82, 2.24) is 0 Å². The zero-order chi connectivity index (χ0) is 33.4. The Balaban J connectivity index is 1.12. The number of rotatable bonds is 4. The Morgan fingerprint density at radius 3 is 1.42 bits per heavy atom. The summed E-state index contributed by atoms with van der Waals surface area (Å²) in [5.74, 6) is 1.99. The summed E-state index contributed by atoms with van der Waals surface area (Å²) in [6, 6.07) is 4.22. The van der Waals surface area contributed by atoms with E-state index >= 15 is 0 Å². The van der Waals surface area contributed by atoms with Crippen molar-refractivity contribution < 1.29 is 48.0 Å². The van der Waals surface area contributed by atoms with Crippen LogP contribution in [0.15, 0.2) is 12.1 Å². The van der Waals surface area contributed by atoms with Crippen molar-refractivity contribution in [3.8, 4) is 11.5 Å². The minimum Gasteiger partial charge on any atom is -0.496 e. The maximum atomic E-state index is 7.11. The molecule has 4 bridgehead atoms. The summed E-state index contributed by atoms with van der Waals surface area (Å²) in [7, 11) is 3.43. The molecular formula is C38H54O10. The molecule has 1 aromatic carbocycles. The lowest BCUT2D eigenvalue weighted by Gasteiger charge is -2.61. The van der Waals surface area contributed by atoms with E-state index in [2.05, 4.69) is 33.8 Å². The molecule has 8 heterocycles. The third-order valence-corrected chi connectivity index (χ3v) is 14.5. The molecule has 8 aliphatic heterocycles. The van der Waals surface area contributed by atoms with Gasteiger partial charge in [-0.25, -0.2) is 19.6 Å². The lowest BCUT2D eigenvalue weighted by Crippen LogP contribution is -2.69. The Hall–Kier alpha value is -1.50. The fraction of sp³-hybridized carbons (Fsp3) is 0.842. The Morgan fingerprint density at radius 1 is 0.562 bits per heavy atom. The first-order chi connectivity index (χ1) is 23.0. The molecule has 0 aromatic heterocycles. The highest BCUT2D eigenvalue weighted by atomic mass is 17.3. The van der Waals surface area contributed by atoms with Crippen LogP contribution in [0.4, 0.5) is 0 Å². The van der Waals surface area contributed by atoms with E-state index in [0.717, 1.165) is 74.0 Å². The number of methoxy groups -OCH3 is 2. The first kappa shape index (κ1) is 32.4. The maximum absolute atomic E-state index is 7.11. The molecule has 2 spiro atoms. The van der Waals surface area contributed by atoms with Crippen molar-refractivity contribution >= 4 is 0 Å². The van der Waals surface area contributed by atoms with Gasteiger partial charge >= 0.3 is 0 Å². The second-order valence-corrected chi connectivity index (χ2v) is 17.0. The van der Waals surface area contributed by atoms with Crippen molar-refractivity contribution in [3.63, 3.8) is 0 Å². The highest BCUT2D eigenvalue weighted by molar-refractivity contribution is 5.50. The molecule has 10 nitrogen and oxygen atoms in total. The molecule has 0 radical (unpaired) electrons. The van der Waals surface area contributed by atoms with Crippen LogP contribution in [0.2, 0.25) is 0 Å². The van der Waals surface area contributed by atoms with Crippen molar-refractivity contribution in [2.45, 2.75) is 140 Å². The van der Waals surface area contributed by atoms with Gasteiger partial charge in [-0.05, 0) is 93.9 Å².